The monoisotopic (exact) mass is 240 g/mol. The summed E-state index contributed by atoms with van der Waals surface area (Å²) in [5.74, 6) is 0.181. The topological polar surface area (TPSA) is 17.1 Å². The summed E-state index contributed by atoms with van der Waals surface area (Å²) in [5.41, 5.74) is 0.476. The second kappa shape index (κ2) is 3.62. The molecular weight excluding hydrogens is 228 g/mol. The van der Waals surface area contributed by atoms with E-state index < -0.39 is 0 Å². The lowest BCUT2D eigenvalue weighted by Gasteiger charge is -2.16. The van der Waals surface area contributed by atoms with Crippen molar-refractivity contribution in [2.24, 2.45) is 5.41 Å². The Bertz CT molecular complexity index is 306. The molecule has 1 nitrogen and oxygen atoms in total. The molecule has 1 aromatic carbocycles. The van der Waals surface area contributed by atoms with Crippen molar-refractivity contribution in [1.82, 2.24) is 0 Å². The molecule has 2 heteroatoms. The first-order valence-electron chi connectivity index (χ1n) is 4.21. The Morgan fingerprint density at radius 2 is 1.62 bits per heavy atom. The highest BCUT2D eigenvalue weighted by atomic mass is 79.9. The molecule has 0 radical (unpaired) electrons. The van der Waals surface area contributed by atoms with Gasteiger partial charge in [-0.3, -0.25) is 4.79 Å². The fourth-order valence-electron chi connectivity index (χ4n) is 1.03. The Morgan fingerprint density at radius 3 is 2.00 bits per heavy atom. The summed E-state index contributed by atoms with van der Waals surface area (Å²) in [4.78, 5) is 11.8. The number of Topliss-reactive ketones (excluding diaryl/α,β-unsaturated/α-hetero) is 1. The van der Waals surface area contributed by atoms with Gasteiger partial charge in [-0.05, 0) is 12.1 Å². The Kier molecular flexibility index (Phi) is 2.91. The average Bonchev–Trinajstić information content (AvgIpc) is 2.03. The summed E-state index contributed by atoms with van der Waals surface area (Å²) >= 11 is 3.33. The number of rotatable bonds is 1. The number of ketones is 1. The Hall–Kier alpha value is -0.630. The van der Waals surface area contributed by atoms with E-state index in [0.717, 1.165) is 10.0 Å². The van der Waals surface area contributed by atoms with Gasteiger partial charge in [0.25, 0.3) is 0 Å². The molecule has 0 N–H and O–H groups in total. The van der Waals surface area contributed by atoms with E-state index in [1.54, 1.807) is 0 Å². The second-order valence-electron chi connectivity index (χ2n) is 4.09. The molecule has 0 fully saturated rings. The maximum Gasteiger partial charge on any atom is 0.168 e. The lowest BCUT2D eigenvalue weighted by atomic mass is 9.87. The van der Waals surface area contributed by atoms with E-state index in [-0.39, 0.29) is 11.2 Å². The van der Waals surface area contributed by atoms with Crippen LogP contribution in [-0.2, 0) is 0 Å². The molecule has 0 unspecified atom stereocenters. The highest BCUT2D eigenvalue weighted by molar-refractivity contribution is 9.10. The maximum atomic E-state index is 11.8. The second-order valence-corrected chi connectivity index (χ2v) is 5.00. The van der Waals surface area contributed by atoms with Gasteiger partial charge in [-0.1, -0.05) is 48.8 Å². The molecular formula is C11H13BrO. The van der Waals surface area contributed by atoms with E-state index >= 15 is 0 Å². The van der Waals surface area contributed by atoms with Crippen LogP contribution < -0.4 is 0 Å². The summed E-state index contributed by atoms with van der Waals surface area (Å²) in [6, 6.07) is 7.47. The molecule has 1 aromatic rings. The van der Waals surface area contributed by atoms with Gasteiger partial charge in [-0.15, -0.1) is 0 Å². The maximum absolute atomic E-state index is 11.8. The van der Waals surface area contributed by atoms with Gasteiger partial charge in [0, 0.05) is 15.5 Å². The Morgan fingerprint density at radius 1 is 1.15 bits per heavy atom. The van der Waals surface area contributed by atoms with Crippen molar-refractivity contribution in [3.63, 3.8) is 0 Å². The zero-order chi connectivity index (χ0) is 10.1. The van der Waals surface area contributed by atoms with Crippen molar-refractivity contribution in [2.45, 2.75) is 20.8 Å². The molecule has 0 aromatic heterocycles. The molecule has 0 heterocycles. The van der Waals surface area contributed by atoms with Crippen LogP contribution in [0.4, 0.5) is 0 Å². The molecule has 0 aliphatic carbocycles. The first-order chi connectivity index (χ1) is 5.91. The third-order valence-corrected chi connectivity index (χ3v) is 2.32. The molecule has 70 valence electrons. The van der Waals surface area contributed by atoms with E-state index in [1.807, 2.05) is 45.0 Å². The van der Waals surface area contributed by atoms with Crippen molar-refractivity contribution < 1.29 is 4.79 Å². The average molecular weight is 241 g/mol. The van der Waals surface area contributed by atoms with Crippen molar-refractivity contribution in [3.05, 3.63) is 34.3 Å². The van der Waals surface area contributed by atoms with Crippen LogP contribution in [0.3, 0.4) is 0 Å². The van der Waals surface area contributed by atoms with Crippen molar-refractivity contribution in [1.29, 1.82) is 0 Å². The van der Waals surface area contributed by atoms with Crippen LogP contribution in [0.5, 0.6) is 0 Å². The third kappa shape index (κ3) is 2.66. The fraction of sp³-hybridized carbons (Fsp3) is 0.364. The molecule has 0 bridgehead atoms. The number of hydrogen-bond donors (Lipinski definition) is 0. The van der Waals surface area contributed by atoms with Crippen LogP contribution in [0, 0.1) is 5.41 Å². The lowest BCUT2D eigenvalue weighted by Crippen LogP contribution is -2.19. The molecule has 1 rings (SSSR count). The number of carbonyl (C=O) groups excluding carboxylic acids is 1. The van der Waals surface area contributed by atoms with Gasteiger partial charge < -0.3 is 0 Å². The minimum absolute atomic E-state index is 0.181. The molecule has 13 heavy (non-hydrogen) atoms. The molecule has 0 amide bonds. The minimum atomic E-state index is -0.298. The van der Waals surface area contributed by atoms with Gasteiger partial charge in [0.1, 0.15) is 0 Å². The summed E-state index contributed by atoms with van der Waals surface area (Å²) in [6.07, 6.45) is 0. The molecule has 0 atom stereocenters. The highest BCUT2D eigenvalue weighted by Gasteiger charge is 2.22. The van der Waals surface area contributed by atoms with Crippen LogP contribution in [0.25, 0.3) is 0 Å². The van der Waals surface area contributed by atoms with E-state index in [4.69, 9.17) is 0 Å². The summed E-state index contributed by atoms with van der Waals surface area (Å²) in [7, 11) is 0. The molecule has 0 spiro atoms. The Balaban J connectivity index is 2.97. The summed E-state index contributed by atoms with van der Waals surface area (Å²) in [5, 5.41) is 0. The van der Waals surface area contributed by atoms with E-state index in [0.29, 0.717) is 0 Å². The lowest BCUT2D eigenvalue weighted by molar-refractivity contribution is 0.0858. The van der Waals surface area contributed by atoms with Gasteiger partial charge in [0.05, 0.1) is 0 Å². The zero-order valence-corrected chi connectivity index (χ0v) is 9.68. The predicted molar refractivity (Wildman–Crippen MR) is 57.9 cm³/mol. The van der Waals surface area contributed by atoms with Crippen LogP contribution in [0.1, 0.15) is 31.1 Å². The number of benzene rings is 1. The summed E-state index contributed by atoms with van der Waals surface area (Å²) < 4.78 is 0.998. The largest absolute Gasteiger partial charge is 0.294 e. The standard InChI is InChI=1S/C11H13BrO/c1-11(2,3)10(13)8-4-6-9(12)7-5-8/h4-7H,1-3H3. The van der Waals surface area contributed by atoms with E-state index in [2.05, 4.69) is 15.9 Å². The van der Waals surface area contributed by atoms with Gasteiger partial charge in [-0.2, -0.15) is 0 Å². The Labute approximate surface area is 87.3 Å². The molecule has 0 aliphatic heterocycles. The molecule has 0 aliphatic rings. The van der Waals surface area contributed by atoms with Crippen LogP contribution in [0.15, 0.2) is 28.7 Å². The first kappa shape index (κ1) is 10.5. The SMILES string of the molecule is CC(C)(C)C(=O)c1ccc(Br)cc1. The van der Waals surface area contributed by atoms with Crippen LogP contribution in [0.2, 0.25) is 0 Å². The van der Waals surface area contributed by atoms with Crippen LogP contribution in [-0.4, -0.2) is 5.78 Å². The fourth-order valence-corrected chi connectivity index (χ4v) is 1.30. The smallest absolute Gasteiger partial charge is 0.168 e. The van der Waals surface area contributed by atoms with Gasteiger partial charge >= 0.3 is 0 Å². The van der Waals surface area contributed by atoms with E-state index in [1.165, 1.54) is 0 Å². The zero-order valence-electron chi connectivity index (χ0n) is 8.10. The van der Waals surface area contributed by atoms with Crippen molar-refractivity contribution in [3.8, 4) is 0 Å². The number of halogens is 1. The van der Waals surface area contributed by atoms with Crippen LogP contribution >= 0.6 is 15.9 Å². The minimum Gasteiger partial charge on any atom is -0.294 e. The number of hydrogen-bond acceptors (Lipinski definition) is 1. The van der Waals surface area contributed by atoms with Crippen molar-refractivity contribution >= 4 is 21.7 Å². The normalized spacial score (nSPS) is 11.4. The number of carbonyl (C=O) groups is 1. The highest BCUT2D eigenvalue weighted by Crippen LogP contribution is 2.21. The van der Waals surface area contributed by atoms with Gasteiger partial charge in [-0.25, -0.2) is 0 Å². The van der Waals surface area contributed by atoms with Crippen molar-refractivity contribution in [2.75, 3.05) is 0 Å². The van der Waals surface area contributed by atoms with E-state index in [9.17, 15) is 4.79 Å². The first-order valence-corrected chi connectivity index (χ1v) is 5.01. The molecule has 0 saturated heterocycles. The van der Waals surface area contributed by atoms with Gasteiger partial charge in [0.2, 0.25) is 0 Å². The summed E-state index contributed by atoms with van der Waals surface area (Å²) in [6.45, 7) is 5.78. The quantitative estimate of drug-likeness (QED) is 0.685. The predicted octanol–water partition coefficient (Wildman–Crippen LogP) is 3.68. The third-order valence-electron chi connectivity index (χ3n) is 1.79. The molecule has 0 saturated carbocycles. The van der Waals surface area contributed by atoms with Gasteiger partial charge in [0.15, 0.2) is 5.78 Å².